The molecule has 0 radical (unpaired) electrons. The Hall–Kier alpha value is -1.06. The Bertz CT molecular complexity index is 529. The molecule has 1 saturated heterocycles. The van der Waals surface area contributed by atoms with Crippen molar-refractivity contribution in [3.8, 4) is 0 Å². The van der Waals surface area contributed by atoms with Crippen molar-refractivity contribution in [2.45, 2.75) is 24.8 Å². The Kier molecular flexibility index (Phi) is 3.50. The van der Waals surface area contributed by atoms with E-state index in [0.717, 1.165) is 36.1 Å². The Balaban J connectivity index is 1.86. The van der Waals surface area contributed by atoms with E-state index in [1.807, 2.05) is 12.1 Å². The second-order valence-electron chi connectivity index (χ2n) is 5.18. The Labute approximate surface area is 124 Å². The lowest BCUT2D eigenvalue weighted by molar-refractivity contribution is 0.247. The molecule has 2 atom stereocenters. The van der Waals surface area contributed by atoms with E-state index < -0.39 is 0 Å². The Morgan fingerprint density at radius 3 is 3.16 bits per heavy atom. The molecule has 0 saturated carbocycles. The van der Waals surface area contributed by atoms with E-state index in [-0.39, 0.29) is 0 Å². The van der Waals surface area contributed by atoms with Crippen molar-refractivity contribution in [2.24, 2.45) is 0 Å². The highest BCUT2D eigenvalue weighted by molar-refractivity contribution is 7.80. The summed E-state index contributed by atoms with van der Waals surface area (Å²) in [4.78, 5) is 2.31. The summed E-state index contributed by atoms with van der Waals surface area (Å²) in [6.07, 6.45) is 4.15. The SMILES string of the molecule is C=CCNC(=S)N1CC[C@@H]2C[C@@H]1c1ccc(Cl)cc12. The molecule has 2 nitrogen and oxygen atoms in total. The zero-order chi connectivity index (χ0) is 13.4. The van der Waals surface area contributed by atoms with Gasteiger partial charge in [-0.2, -0.15) is 0 Å². The summed E-state index contributed by atoms with van der Waals surface area (Å²) in [5, 5.41) is 4.92. The standard InChI is InChI=1S/C15H17ClN2S/c1-2-6-17-15(19)18-7-5-10-8-14(18)12-4-3-11(16)9-13(10)12/h2-4,9-10,14H,1,5-8H2,(H,17,19)/t10-,14-/m1/s1. The zero-order valence-electron chi connectivity index (χ0n) is 10.7. The fraction of sp³-hybridized carbons (Fsp3) is 0.400. The third kappa shape index (κ3) is 2.26. The van der Waals surface area contributed by atoms with Crippen molar-refractivity contribution in [1.82, 2.24) is 10.2 Å². The minimum atomic E-state index is 0.413. The van der Waals surface area contributed by atoms with E-state index in [1.54, 1.807) is 0 Å². The first-order valence-electron chi connectivity index (χ1n) is 6.65. The average molecular weight is 293 g/mol. The van der Waals surface area contributed by atoms with E-state index in [1.165, 1.54) is 11.1 Å². The first kappa shape index (κ1) is 12.9. The van der Waals surface area contributed by atoms with Crippen molar-refractivity contribution in [3.05, 3.63) is 47.0 Å². The van der Waals surface area contributed by atoms with Gasteiger partial charge in [-0.25, -0.2) is 0 Å². The molecule has 2 aliphatic rings. The van der Waals surface area contributed by atoms with Crippen LogP contribution >= 0.6 is 23.8 Å². The highest BCUT2D eigenvalue weighted by Crippen LogP contribution is 2.49. The maximum absolute atomic E-state index is 6.12. The number of hydrogen-bond acceptors (Lipinski definition) is 1. The molecule has 1 aliphatic carbocycles. The minimum Gasteiger partial charge on any atom is -0.359 e. The number of likely N-dealkylation sites (tertiary alicyclic amines) is 1. The fourth-order valence-corrected chi connectivity index (χ4v) is 3.73. The summed E-state index contributed by atoms with van der Waals surface area (Å²) in [6.45, 7) is 5.46. The largest absolute Gasteiger partial charge is 0.359 e. The lowest BCUT2D eigenvalue weighted by Gasteiger charge is -2.35. The first-order chi connectivity index (χ1) is 9.20. The van der Waals surface area contributed by atoms with Crippen LogP contribution in [0.5, 0.6) is 0 Å². The van der Waals surface area contributed by atoms with Crippen molar-refractivity contribution in [2.75, 3.05) is 13.1 Å². The van der Waals surface area contributed by atoms with Crippen LogP contribution in [-0.4, -0.2) is 23.1 Å². The molecular weight excluding hydrogens is 276 g/mol. The van der Waals surface area contributed by atoms with E-state index >= 15 is 0 Å². The number of nitrogens with zero attached hydrogens (tertiary/aromatic N) is 1. The van der Waals surface area contributed by atoms with Crippen LogP contribution in [0.2, 0.25) is 5.02 Å². The number of rotatable bonds is 2. The average Bonchev–Trinajstić information content (AvgIpc) is 2.69. The van der Waals surface area contributed by atoms with Gasteiger partial charge in [0.05, 0.1) is 6.04 Å². The van der Waals surface area contributed by atoms with Crippen LogP contribution < -0.4 is 5.32 Å². The van der Waals surface area contributed by atoms with E-state index in [4.69, 9.17) is 23.8 Å². The lowest BCUT2D eigenvalue weighted by Crippen LogP contribution is -2.43. The lowest BCUT2D eigenvalue weighted by atomic mass is 9.96. The number of benzene rings is 1. The molecule has 100 valence electrons. The third-order valence-corrected chi connectivity index (χ3v) is 4.72. The summed E-state index contributed by atoms with van der Waals surface area (Å²) >= 11 is 11.6. The van der Waals surface area contributed by atoms with Gasteiger partial charge in [-0.3, -0.25) is 0 Å². The van der Waals surface area contributed by atoms with Crippen molar-refractivity contribution >= 4 is 28.9 Å². The van der Waals surface area contributed by atoms with Crippen molar-refractivity contribution in [3.63, 3.8) is 0 Å². The van der Waals surface area contributed by atoms with Gasteiger partial charge in [-0.05, 0) is 54.2 Å². The minimum absolute atomic E-state index is 0.413. The highest BCUT2D eigenvalue weighted by atomic mass is 35.5. The van der Waals surface area contributed by atoms with Gasteiger partial charge in [0, 0.05) is 18.1 Å². The molecule has 0 amide bonds. The normalized spacial score (nSPS) is 23.9. The Morgan fingerprint density at radius 1 is 1.53 bits per heavy atom. The van der Waals surface area contributed by atoms with Gasteiger partial charge >= 0.3 is 0 Å². The molecule has 2 bridgehead atoms. The molecule has 1 N–H and O–H groups in total. The van der Waals surface area contributed by atoms with Crippen molar-refractivity contribution < 1.29 is 0 Å². The van der Waals surface area contributed by atoms with Gasteiger partial charge in [0.1, 0.15) is 0 Å². The molecule has 19 heavy (non-hydrogen) atoms. The zero-order valence-corrected chi connectivity index (χ0v) is 12.3. The van der Waals surface area contributed by atoms with E-state index in [2.05, 4.69) is 28.9 Å². The topological polar surface area (TPSA) is 15.3 Å². The van der Waals surface area contributed by atoms with Crippen LogP contribution in [0.1, 0.15) is 35.9 Å². The third-order valence-electron chi connectivity index (χ3n) is 4.11. The molecule has 1 aliphatic heterocycles. The molecule has 0 aromatic heterocycles. The van der Waals surface area contributed by atoms with Gasteiger partial charge in [0.2, 0.25) is 0 Å². The Morgan fingerprint density at radius 2 is 2.37 bits per heavy atom. The first-order valence-corrected chi connectivity index (χ1v) is 7.44. The van der Waals surface area contributed by atoms with Gasteiger partial charge in [-0.1, -0.05) is 23.7 Å². The van der Waals surface area contributed by atoms with Crippen LogP contribution in [0, 0.1) is 0 Å². The number of piperidine rings is 1. The summed E-state index contributed by atoms with van der Waals surface area (Å²) < 4.78 is 0. The maximum Gasteiger partial charge on any atom is 0.169 e. The molecule has 0 unspecified atom stereocenters. The summed E-state index contributed by atoms with van der Waals surface area (Å²) in [5.41, 5.74) is 2.82. The van der Waals surface area contributed by atoms with Crippen LogP contribution in [0.15, 0.2) is 30.9 Å². The highest BCUT2D eigenvalue weighted by Gasteiger charge is 2.39. The molecule has 1 heterocycles. The van der Waals surface area contributed by atoms with Gasteiger partial charge in [0.25, 0.3) is 0 Å². The predicted molar refractivity (Wildman–Crippen MR) is 83.7 cm³/mol. The molecule has 1 fully saturated rings. The molecule has 3 rings (SSSR count). The summed E-state index contributed by atoms with van der Waals surface area (Å²) in [7, 11) is 0. The van der Waals surface area contributed by atoms with Crippen LogP contribution in [-0.2, 0) is 0 Å². The molecule has 1 aromatic rings. The van der Waals surface area contributed by atoms with Gasteiger partial charge in [-0.15, -0.1) is 6.58 Å². The van der Waals surface area contributed by atoms with Crippen LogP contribution in [0.25, 0.3) is 0 Å². The maximum atomic E-state index is 6.12. The smallest absolute Gasteiger partial charge is 0.169 e. The number of fused-ring (bicyclic) bond motifs is 5. The summed E-state index contributed by atoms with van der Waals surface area (Å²) in [5.74, 6) is 0.650. The molecule has 1 aromatic carbocycles. The number of hydrogen-bond donors (Lipinski definition) is 1. The monoisotopic (exact) mass is 292 g/mol. The second kappa shape index (κ2) is 5.14. The predicted octanol–water partition coefficient (Wildman–Crippen LogP) is 3.63. The molecule has 4 heteroatoms. The number of thiocarbonyl (C=S) groups is 1. The number of halogens is 1. The van der Waals surface area contributed by atoms with E-state index in [9.17, 15) is 0 Å². The fourth-order valence-electron chi connectivity index (χ4n) is 3.25. The summed E-state index contributed by atoms with van der Waals surface area (Å²) in [6, 6.07) is 6.69. The molecule has 0 spiro atoms. The quantitative estimate of drug-likeness (QED) is 0.662. The second-order valence-corrected chi connectivity index (χ2v) is 6.00. The number of nitrogens with one attached hydrogen (secondary N) is 1. The van der Waals surface area contributed by atoms with Crippen LogP contribution in [0.3, 0.4) is 0 Å². The van der Waals surface area contributed by atoms with Gasteiger partial charge < -0.3 is 10.2 Å². The van der Waals surface area contributed by atoms with Crippen molar-refractivity contribution in [1.29, 1.82) is 0 Å². The van der Waals surface area contributed by atoms with Crippen LogP contribution in [0.4, 0.5) is 0 Å². The van der Waals surface area contributed by atoms with E-state index in [0.29, 0.717) is 12.0 Å². The molecular formula is C15H17ClN2S. The van der Waals surface area contributed by atoms with Gasteiger partial charge in [0.15, 0.2) is 5.11 Å².